The molecule has 0 aliphatic heterocycles. The van der Waals surface area contributed by atoms with E-state index in [1.807, 2.05) is 0 Å². The number of carbonyl (C=O) groups is 1. The molecule has 4 rings (SSSR count). The highest BCUT2D eigenvalue weighted by Crippen LogP contribution is 2.42. The summed E-state index contributed by atoms with van der Waals surface area (Å²) in [4.78, 5) is 16.6. The average molecular weight is 469 g/mol. The molecule has 0 fully saturated rings. The number of aromatic nitrogens is 1. The highest BCUT2D eigenvalue weighted by molar-refractivity contribution is 7.90. The van der Waals surface area contributed by atoms with Crippen LogP contribution in [0.1, 0.15) is 10.4 Å². The SMILES string of the molecule is CS(=O)(=O)c1ccccc1-c1sc(Nc2cccc(C(=O)O)c2)nc1-c1ccc(F)cc1. The van der Waals surface area contributed by atoms with Gasteiger partial charge in [0.2, 0.25) is 0 Å². The van der Waals surface area contributed by atoms with Crippen molar-refractivity contribution in [3.63, 3.8) is 0 Å². The number of rotatable bonds is 6. The third-order valence-electron chi connectivity index (χ3n) is 4.64. The molecule has 0 unspecified atom stereocenters. The minimum atomic E-state index is -3.52. The minimum Gasteiger partial charge on any atom is -0.478 e. The Hall–Kier alpha value is -3.56. The van der Waals surface area contributed by atoms with E-state index < -0.39 is 21.6 Å². The van der Waals surface area contributed by atoms with Crippen LogP contribution in [0.2, 0.25) is 0 Å². The molecule has 3 aromatic carbocycles. The van der Waals surface area contributed by atoms with E-state index in [9.17, 15) is 22.7 Å². The van der Waals surface area contributed by atoms with Gasteiger partial charge in [0.1, 0.15) is 5.82 Å². The molecule has 0 spiro atoms. The fourth-order valence-electron chi connectivity index (χ4n) is 3.19. The maximum Gasteiger partial charge on any atom is 0.335 e. The third kappa shape index (κ3) is 4.53. The van der Waals surface area contributed by atoms with Crippen LogP contribution in [0.15, 0.2) is 77.7 Å². The predicted octanol–water partition coefficient (Wildman–Crippen LogP) is 5.46. The topological polar surface area (TPSA) is 96.4 Å². The number of nitrogens with zero attached hydrogens (tertiary/aromatic N) is 1. The molecule has 32 heavy (non-hydrogen) atoms. The van der Waals surface area contributed by atoms with Crippen LogP contribution < -0.4 is 5.32 Å². The van der Waals surface area contributed by atoms with E-state index in [-0.39, 0.29) is 10.5 Å². The molecule has 4 aromatic rings. The molecule has 0 saturated carbocycles. The van der Waals surface area contributed by atoms with Gasteiger partial charge in [-0.1, -0.05) is 35.6 Å². The number of carboxylic acid groups (broad SMARTS) is 1. The maximum atomic E-state index is 13.5. The van der Waals surface area contributed by atoms with Crippen molar-refractivity contribution in [2.45, 2.75) is 4.90 Å². The molecule has 0 saturated heterocycles. The largest absolute Gasteiger partial charge is 0.478 e. The number of halogens is 1. The van der Waals surface area contributed by atoms with Gasteiger partial charge in [-0.05, 0) is 48.5 Å². The van der Waals surface area contributed by atoms with E-state index in [0.717, 1.165) is 6.26 Å². The molecular formula is C23H17FN2O4S2. The lowest BCUT2D eigenvalue weighted by Crippen LogP contribution is -1.99. The van der Waals surface area contributed by atoms with Gasteiger partial charge in [-0.3, -0.25) is 0 Å². The number of benzene rings is 3. The van der Waals surface area contributed by atoms with Gasteiger partial charge in [-0.2, -0.15) is 0 Å². The Bertz CT molecular complexity index is 1410. The normalized spacial score (nSPS) is 11.3. The van der Waals surface area contributed by atoms with Gasteiger partial charge in [0.05, 0.1) is 21.0 Å². The van der Waals surface area contributed by atoms with Crippen molar-refractivity contribution < 1.29 is 22.7 Å². The number of hydrogen-bond acceptors (Lipinski definition) is 6. The van der Waals surface area contributed by atoms with E-state index in [4.69, 9.17) is 0 Å². The standard InChI is InChI=1S/C23H17FN2O4S2/c1-32(29,30)19-8-3-2-7-18(19)21-20(14-9-11-16(24)12-10-14)26-23(31-21)25-17-6-4-5-15(13-17)22(27)28/h2-13H,1H3,(H,25,26)(H,27,28). The zero-order chi connectivity index (χ0) is 22.9. The van der Waals surface area contributed by atoms with Crippen LogP contribution in [0.4, 0.5) is 15.2 Å². The number of carboxylic acids is 1. The molecule has 0 atom stereocenters. The monoisotopic (exact) mass is 468 g/mol. The summed E-state index contributed by atoms with van der Waals surface area (Å²) in [5.41, 5.74) is 2.23. The van der Waals surface area contributed by atoms with Crippen molar-refractivity contribution in [3.05, 3.63) is 84.2 Å². The Balaban J connectivity index is 1.86. The van der Waals surface area contributed by atoms with E-state index in [2.05, 4.69) is 10.3 Å². The van der Waals surface area contributed by atoms with Gasteiger partial charge in [-0.25, -0.2) is 22.6 Å². The van der Waals surface area contributed by atoms with Gasteiger partial charge in [0, 0.05) is 23.1 Å². The smallest absolute Gasteiger partial charge is 0.335 e. The second-order valence-corrected chi connectivity index (χ2v) is 9.97. The molecule has 162 valence electrons. The van der Waals surface area contributed by atoms with Crippen LogP contribution in [0, 0.1) is 5.82 Å². The molecule has 6 nitrogen and oxygen atoms in total. The lowest BCUT2D eigenvalue weighted by molar-refractivity contribution is 0.0697. The van der Waals surface area contributed by atoms with Gasteiger partial charge in [-0.15, -0.1) is 0 Å². The highest BCUT2D eigenvalue weighted by Gasteiger charge is 2.21. The van der Waals surface area contributed by atoms with Crippen LogP contribution in [0.3, 0.4) is 0 Å². The molecule has 0 aliphatic rings. The van der Waals surface area contributed by atoms with Crippen LogP contribution >= 0.6 is 11.3 Å². The van der Waals surface area contributed by atoms with Crippen molar-refractivity contribution in [3.8, 4) is 21.7 Å². The first-order valence-corrected chi connectivity index (χ1v) is 12.1. The van der Waals surface area contributed by atoms with Crippen LogP contribution in [-0.4, -0.2) is 30.7 Å². The molecule has 2 N–H and O–H groups in total. The van der Waals surface area contributed by atoms with Crippen molar-refractivity contribution in [2.24, 2.45) is 0 Å². The van der Waals surface area contributed by atoms with Gasteiger partial charge < -0.3 is 10.4 Å². The molecule has 9 heteroatoms. The molecule has 0 aliphatic carbocycles. The summed E-state index contributed by atoms with van der Waals surface area (Å²) < 4.78 is 38.2. The first kappa shape index (κ1) is 21.7. The molecular weight excluding hydrogens is 451 g/mol. The molecule has 0 radical (unpaired) electrons. The number of thiazole rings is 1. The molecule has 0 bridgehead atoms. The summed E-state index contributed by atoms with van der Waals surface area (Å²) in [5.74, 6) is -1.45. The lowest BCUT2D eigenvalue weighted by Gasteiger charge is -2.08. The van der Waals surface area contributed by atoms with Gasteiger partial charge in [0.15, 0.2) is 15.0 Å². The fraction of sp³-hybridized carbons (Fsp3) is 0.0435. The quantitative estimate of drug-likeness (QED) is 0.390. The van der Waals surface area contributed by atoms with E-state index in [1.54, 1.807) is 42.5 Å². The van der Waals surface area contributed by atoms with Crippen LogP contribution in [0.5, 0.6) is 0 Å². The van der Waals surface area contributed by atoms with Crippen LogP contribution in [-0.2, 0) is 9.84 Å². The number of hydrogen-bond donors (Lipinski definition) is 2. The van der Waals surface area contributed by atoms with Gasteiger partial charge >= 0.3 is 5.97 Å². The first-order valence-electron chi connectivity index (χ1n) is 9.39. The third-order valence-corrected chi connectivity index (χ3v) is 6.80. The summed E-state index contributed by atoms with van der Waals surface area (Å²) >= 11 is 1.22. The Morgan fingerprint density at radius 1 is 1.03 bits per heavy atom. The molecule has 1 aromatic heterocycles. The summed E-state index contributed by atoms with van der Waals surface area (Å²) in [5, 5.41) is 12.7. The van der Waals surface area contributed by atoms with E-state index in [1.165, 1.54) is 41.7 Å². The molecule has 0 amide bonds. The van der Waals surface area contributed by atoms with Crippen molar-refractivity contribution in [1.29, 1.82) is 0 Å². The number of aromatic carboxylic acids is 1. The Morgan fingerprint density at radius 3 is 2.44 bits per heavy atom. The van der Waals surface area contributed by atoms with E-state index in [0.29, 0.717) is 32.5 Å². The van der Waals surface area contributed by atoms with Crippen LogP contribution in [0.25, 0.3) is 21.7 Å². The van der Waals surface area contributed by atoms with E-state index >= 15 is 0 Å². The summed E-state index contributed by atoms with van der Waals surface area (Å²) in [7, 11) is -3.52. The Morgan fingerprint density at radius 2 is 1.75 bits per heavy atom. The van der Waals surface area contributed by atoms with Crippen molar-refractivity contribution in [2.75, 3.05) is 11.6 Å². The number of nitrogens with one attached hydrogen (secondary N) is 1. The summed E-state index contributed by atoms with van der Waals surface area (Å²) in [6.07, 6.45) is 1.14. The second-order valence-electron chi connectivity index (χ2n) is 6.98. The summed E-state index contributed by atoms with van der Waals surface area (Å²) in [6, 6.07) is 18.7. The maximum absolute atomic E-state index is 13.5. The molecule has 1 heterocycles. The lowest BCUT2D eigenvalue weighted by atomic mass is 10.1. The first-order chi connectivity index (χ1) is 15.2. The minimum absolute atomic E-state index is 0.118. The second kappa shape index (κ2) is 8.52. The predicted molar refractivity (Wildman–Crippen MR) is 123 cm³/mol. The van der Waals surface area contributed by atoms with Crippen molar-refractivity contribution >= 4 is 38.0 Å². The Labute approximate surface area is 187 Å². The zero-order valence-electron chi connectivity index (χ0n) is 16.7. The number of anilines is 2. The average Bonchev–Trinajstić information content (AvgIpc) is 3.17. The van der Waals surface area contributed by atoms with Gasteiger partial charge in [0.25, 0.3) is 0 Å². The van der Waals surface area contributed by atoms with Crippen molar-refractivity contribution in [1.82, 2.24) is 4.98 Å². The zero-order valence-corrected chi connectivity index (χ0v) is 18.4. The highest BCUT2D eigenvalue weighted by atomic mass is 32.2. The summed E-state index contributed by atoms with van der Waals surface area (Å²) in [6.45, 7) is 0. The number of sulfone groups is 1. The Kier molecular flexibility index (Phi) is 5.77. The fourth-order valence-corrected chi connectivity index (χ4v) is 5.20.